The molecule has 0 heterocycles. The number of hydrogen-bond donors (Lipinski definition) is 1. The quantitative estimate of drug-likeness (QED) is 0.253. The zero-order chi connectivity index (χ0) is 28.2. The summed E-state index contributed by atoms with van der Waals surface area (Å²) in [5.74, 6) is -0.715. The molecule has 1 amide bonds. The molecule has 0 aromatic heterocycles. The fourth-order valence-electron chi connectivity index (χ4n) is 4.02. The van der Waals surface area contributed by atoms with Crippen molar-refractivity contribution in [3.63, 3.8) is 0 Å². The predicted octanol–water partition coefficient (Wildman–Crippen LogP) is 6.77. The monoisotopic (exact) mass is 572 g/mol. The van der Waals surface area contributed by atoms with Crippen molar-refractivity contribution in [1.82, 2.24) is 5.32 Å². The maximum absolute atomic E-state index is 13.6. The van der Waals surface area contributed by atoms with Crippen LogP contribution in [0.2, 0.25) is 5.02 Å². The fraction of sp³-hybridized carbons (Fsp3) is 0.138. The lowest BCUT2D eigenvalue weighted by molar-refractivity contribution is -0.137. The Morgan fingerprint density at radius 2 is 1.44 bits per heavy atom. The summed E-state index contributed by atoms with van der Waals surface area (Å²) in [6.07, 6.45) is -4.83. The standard InChI is InChI=1S/C29H24ClF3N2O3S/c1-20-12-14-22(15-13-20)28(21-8-4-2-5-9-21)34-27(36)19-35(39(37,38)24-10-6-3-7-11-24)23-16-17-26(30)25(18-23)29(31,32)33/h2-18,28H,19H2,1H3,(H,34,36)/t28-/m1/s1. The lowest BCUT2D eigenvalue weighted by atomic mass is 9.98. The smallest absolute Gasteiger partial charge is 0.344 e. The Morgan fingerprint density at radius 1 is 0.872 bits per heavy atom. The van der Waals surface area contributed by atoms with Crippen molar-refractivity contribution in [1.29, 1.82) is 0 Å². The summed E-state index contributed by atoms with van der Waals surface area (Å²) in [5, 5.41) is 2.27. The zero-order valence-corrected chi connectivity index (χ0v) is 22.3. The molecule has 4 rings (SSSR count). The van der Waals surface area contributed by atoms with Gasteiger partial charge in [-0.1, -0.05) is 90.0 Å². The third kappa shape index (κ3) is 6.61. The van der Waals surface area contributed by atoms with Gasteiger partial charge in [0.1, 0.15) is 6.54 Å². The van der Waals surface area contributed by atoms with E-state index >= 15 is 0 Å². The van der Waals surface area contributed by atoms with Crippen LogP contribution in [0.1, 0.15) is 28.3 Å². The summed E-state index contributed by atoms with van der Waals surface area (Å²) < 4.78 is 68.7. The van der Waals surface area contributed by atoms with Crippen molar-refractivity contribution < 1.29 is 26.4 Å². The maximum atomic E-state index is 13.6. The number of anilines is 1. The first-order chi connectivity index (χ1) is 18.5. The summed E-state index contributed by atoms with van der Waals surface area (Å²) in [5.41, 5.74) is 0.955. The minimum absolute atomic E-state index is 0.181. The van der Waals surface area contributed by atoms with Crippen molar-refractivity contribution in [2.75, 3.05) is 10.8 Å². The molecule has 1 N–H and O–H groups in total. The molecule has 5 nitrogen and oxygen atoms in total. The van der Waals surface area contributed by atoms with Crippen molar-refractivity contribution in [2.45, 2.75) is 24.0 Å². The van der Waals surface area contributed by atoms with Crippen molar-refractivity contribution in [3.05, 3.63) is 130 Å². The van der Waals surface area contributed by atoms with E-state index in [9.17, 15) is 26.4 Å². The number of halogens is 4. The molecular weight excluding hydrogens is 549 g/mol. The molecule has 10 heteroatoms. The molecule has 0 aliphatic heterocycles. The van der Waals surface area contributed by atoms with E-state index in [2.05, 4.69) is 5.32 Å². The number of nitrogens with one attached hydrogen (secondary N) is 1. The van der Waals surface area contributed by atoms with Gasteiger partial charge in [0.25, 0.3) is 10.0 Å². The van der Waals surface area contributed by atoms with Gasteiger partial charge in [-0.05, 0) is 48.4 Å². The lowest BCUT2D eigenvalue weighted by Gasteiger charge is -2.27. The van der Waals surface area contributed by atoms with Gasteiger partial charge in [0.2, 0.25) is 5.91 Å². The summed E-state index contributed by atoms with van der Waals surface area (Å²) in [4.78, 5) is 13.2. The van der Waals surface area contributed by atoms with Crippen LogP contribution < -0.4 is 9.62 Å². The number of nitrogens with zero attached hydrogens (tertiary/aromatic N) is 1. The van der Waals surface area contributed by atoms with E-state index in [-0.39, 0.29) is 10.6 Å². The Hall–Kier alpha value is -3.82. The normalized spacial score (nSPS) is 12.5. The number of carbonyl (C=O) groups excluding carboxylic acids is 1. The predicted molar refractivity (Wildman–Crippen MR) is 145 cm³/mol. The van der Waals surface area contributed by atoms with Crippen LogP contribution in [0.3, 0.4) is 0 Å². The molecule has 0 saturated carbocycles. The summed E-state index contributed by atoms with van der Waals surface area (Å²) in [6, 6.07) is 25.8. The number of aryl methyl sites for hydroxylation is 1. The van der Waals surface area contributed by atoms with Crippen LogP contribution in [0.15, 0.2) is 108 Å². The van der Waals surface area contributed by atoms with E-state index in [1.807, 2.05) is 49.4 Å². The Bertz CT molecular complexity index is 1550. The van der Waals surface area contributed by atoms with Crippen molar-refractivity contribution in [2.24, 2.45) is 0 Å². The minimum atomic E-state index is -4.83. The van der Waals surface area contributed by atoms with Crippen LogP contribution in [0.5, 0.6) is 0 Å². The molecule has 0 aliphatic carbocycles. The molecule has 0 fully saturated rings. The van der Waals surface area contributed by atoms with Gasteiger partial charge in [0, 0.05) is 0 Å². The van der Waals surface area contributed by atoms with E-state index in [1.54, 1.807) is 18.2 Å². The molecule has 202 valence electrons. The summed E-state index contributed by atoms with van der Waals surface area (Å²) in [7, 11) is -4.43. The van der Waals surface area contributed by atoms with Gasteiger partial charge >= 0.3 is 6.18 Å². The summed E-state index contributed by atoms with van der Waals surface area (Å²) in [6.45, 7) is 1.15. The molecule has 1 atom stereocenters. The molecule has 4 aromatic rings. The molecule has 0 unspecified atom stereocenters. The van der Waals surface area contributed by atoms with Crippen LogP contribution in [0, 0.1) is 6.92 Å². The first kappa shape index (κ1) is 28.2. The Labute approximate surface area is 229 Å². The van der Waals surface area contributed by atoms with Crippen LogP contribution in [-0.2, 0) is 21.0 Å². The zero-order valence-electron chi connectivity index (χ0n) is 20.7. The highest BCUT2D eigenvalue weighted by Gasteiger charge is 2.35. The third-order valence-electron chi connectivity index (χ3n) is 6.01. The molecule has 0 bridgehead atoms. The number of alkyl halides is 3. The molecule has 0 saturated heterocycles. The second kappa shape index (κ2) is 11.5. The number of sulfonamides is 1. The van der Waals surface area contributed by atoms with E-state index in [1.165, 1.54) is 24.3 Å². The average molecular weight is 573 g/mol. The first-order valence-electron chi connectivity index (χ1n) is 11.8. The Balaban J connectivity index is 1.74. The van der Waals surface area contributed by atoms with E-state index in [4.69, 9.17) is 11.6 Å². The van der Waals surface area contributed by atoms with Crippen LogP contribution in [-0.4, -0.2) is 20.9 Å². The molecule has 39 heavy (non-hydrogen) atoms. The SMILES string of the molecule is Cc1ccc([C@H](NC(=O)CN(c2ccc(Cl)c(C(F)(F)F)c2)S(=O)(=O)c2ccccc2)c2ccccc2)cc1. The third-order valence-corrected chi connectivity index (χ3v) is 8.13. The molecular formula is C29H24ClF3N2O3S. The van der Waals surface area contributed by atoms with Crippen molar-refractivity contribution >= 4 is 33.2 Å². The van der Waals surface area contributed by atoms with E-state index in [0.717, 1.165) is 28.8 Å². The number of benzene rings is 4. The highest BCUT2D eigenvalue weighted by atomic mass is 35.5. The van der Waals surface area contributed by atoms with Gasteiger partial charge in [0.05, 0.1) is 27.2 Å². The van der Waals surface area contributed by atoms with Crippen LogP contribution >= 0.6 is 11.6 Å². The van der Waals surface area contributed by atoms with Gasteiger partial charge in [-0.25, -0.2) is 8.42 Å². The minimum Gasteiger partial charge on any atom is -0.344 e. The van der Waals surface area contributed by atoms with Gasteiger partial charge < -0.3 is 5.32 Å². The molecule has 4 aromatic carbocycles. The molecule has 0 aliphatic rings. The van der Waals surface area contributed by atoms with E-state index < -0.39 is 45.3 Å². The average Bonchev–Trinajstić information content (AvgIpc) is 2.92. The number of rotatable bonds is 8. The van der Waals surface area contributed by atoms with Crippen LogP contribution in [0.4, 0.5) is 18.9 Å². The van der Waals surface area contributed by atoms with Gasteiger partial charge in [-0.2, -0.15) is 13.2 Å². The van der Waals surface area contributed by atoms with Gasteiger partial charge in [-0.15, -0.1) is 0 Å². The Kier molecular flexibility index (Phi) is 8.32. The van der Waals surface area contributed by atoms with Gasteiger partial charge in [0.15, 0.2) is 0 Å². The second-order valence-corrected chi connectivity index (χ2v) is 11.1. The maximum Gasteiger partial charge on any atom is 0.417 e. The lowest BCUT2D eigenvalue weighted by Crippen LogP contribution is -2.42. The largest absolute Gasteiger partial charge is 0.417 e. The second-order valence-electron chi connectivity index (χ2n) is 8.81. The first-order valence-corrected chi connectivity index (χ1v) is 13.6. The van der Waals surface area contributed by atoms with Gasteiger partial charge in [-0.3, -0.25) is 9.10 Å². The highest BCUT2D eigenvalue weighted by molar-refractivity contribution is 7.92. The van der Waals surface area contributed by atoms with E-state index in [0.29, 0.717) is 10.4 Å². The fourth-order valence-corrected chi connectivity index (χ4v) is 5.68. The Morgan fingerprint density at radius 3 is 2.03 bits per heavy atom. The van der Waals surface area contributed by atoms with Crippen LogP contribution in [0.25, 0.3) is 0 Å². The highest BCUT2D eigenvalue weighted by Crippen LogP contribution is 2.38. The summed E-state index contributed by atoms with van der Waals surface area (Å²) >= 11 is 5.77. The number of amides is 1. The number of hydrogen-bond acceptors (Lipinski definition) is 3. The van der Waals surface area contributed by atoms with Crippen molar-refractivity contribution in [3.8, 4) is 0 Å². The topological polar surface area (TPSA) is 66.5 Å². The number of carbonyl (C=O) groups is 1. The molecule has 0 radical (unpaired) electrons. The molecule has 0 spiro atoms.